The molecule has 3 aliphatic heterocycles. The monoisotopic (exact) mass is 330 g/mol. The molecule has 0 radical (unpaired) electrons. The van der Waals surface area contributed by atoms with E-state index in [9.17, 15) is 4.79 Å². The van der Waals surface area contributed by atoms with Crippen molar-refractivity contribution in [3.05, 3.63) is 11.1 Å². The first-order valence-electron chi connectivity index (χ1n) is 9.56. The lowest BCUT2D eigenvalue weighted by Gasteiger charge is -2.59. The molecule has 0 N–H and O–H groups in total. The topological polar surface area (TPSA) is 51.4 Å². The molecule has 2 spiro atoms. The van der Waals surface area contributed by atoms with Crippen molar-refractivity contribution < 1.29 is 19.0 Å². The van der Waals surface area contributed by atoms with Crippen LogP contribution >= 0.6 is 0 Å². The lowest BCUT2D eigenvalue weighted by molar-refractivity contribution is -0.147. The molecule has 0 aromatic heterocycles. The van der Waals surface area contributed by atoms with Crippen molar-refractivity contribution in [3.8, 4) is 0 Å². The average molecular weight is 330 g/mol. The quantitative estimate of drug-likeness (QED) is 0.505. The van der Waals surface area contributed by atoms with E-state index in [1.54, 1.807) is 0 Å². The summed E-state index contributed by atoms with van der Waals surface area (Å²) in [5.41, 5.74) is 2.25. The summed E-state index contributed by atoms with van der Waals surface area (Å²) < 4.78 is 18.4. The van der Waals surface area contributed by atoms with Crippen LogP contribution in [0.4, 0.5) is 0 Å². The number of hydrogen-bond acceptors (Lipinski definition) is 4. The Bertz CT molecular complexity index is 723. The lowest BCUT2D eigenvalue weighted by Crippen LogP contribution is -2.59. The second kappa shape index (κ2) is 3.64. The molecule has 24 heavy (non-hydrogen) atoms. The molecule has 4 nitrogen and oxygen atoms in total. The van der Waals surface area contributed by atoms with Crippen LogP contribution in [-0.4, -0.2) is 29.6 Å². The van der Waals surface area contributed by atoms with Gasteiger partial charge in [-0.15, -0.1) is 0 Å². The maximum Gasteiger partial charge on any atom is 0.336 e. The second-order valence-electron chi connectivity index (χ2n) is 10.0. The first kappa shape index (κ1) is 14.3. The molecule has 0 aromatic rings. The zero-order valence-electron chi connectivity index (χ0n) is 15.0. The van der Waals surface area contributed by atoms with Crippen molar-refractivity contribution in [2.24, 2.45) is 22.7 Å². The number of carbonyl (C=O) groups excluding carboxylic acids is 1. The van der Waals surface area contributed by atoms with Crippen molar-refractivity contribution in [1.29, 1.82) is 0 Å². The van der Waals surface area contributed by atoms with Gasteiger partial charge in [0.15, 0.2) is 0 Å². The first-order chi connectivity index (χ1) is 11.3. The molecule has 130 valence electrons. The number of esters is 1. The maximum atomic E-state index is 12.2. The van der Waals surface area contributed by atoms with Gasteiger partial charge in [0.25, 0.3) is 5.79 Å². The highest BCUT2D eigenvalue weighted by atomic mass is 16.8. The van der Waals surface area contributed by atoms with Gasteiger partial charge in [-0.25, -0.2) is 4.79 Å². The third-order valence-corrected chi connectivity index (χ3v) is 8.57. The Morgan fingerprint density at radius 2 is 1.88 bits per heavy atom. The fourth-order valence-electron chi connectivity index (χ4n) is 7.62. The molecule has 6 aliphatic rings. The Hall–Kier alpha value is -0.870. The molecule has 3 saturated carbocycles. The van der Waals surface area contributed by atoms with Crippen molar-refractivity contribution in [1.82, 2.24) is 0 Å². The SMILES string of the molecule is CC1=C2[C@H]3O[C@]34CC[C@@H]3C(C)(C)CCC[C@]3(C)[C@@H]4[C@H]3O[C@@]23OC1=O. The highest BCUT2D eigenvalue weighted by Gasteiger charge is 2.88. The molecule has 3 heterocycles. The van der Waals surface area contributed by atoms with Crippen LogP contribution in [0.5, 0.6) is 0 Å². The summed E-state index contributed by atoms with van der Waals surface area (Å²) in [5, 5.41) is 0. The van der Waals surface area contributed by atoms with Crippen molar-refractivity contribution in [3.63, 3.8) is 0 Å². The zero-order chi connectivity index (χ0) is 16.7. The molecular formula is C20H26O4. The predicted octanol–water partition coefficient (Wildman–Crippen LogP) is 3.35. The smallest absolute Gasteiger partial charge is 0.336 e. The van der Waals surface area contributed by atoms with E-state index < -0.39 is 5.79 Å². The van der Waals surface area contributed by atoms with Gasteiger partial charge in [-0.2, -0.15) is 0 Å². The third kappa shape index (κ3) is 1.27. The average Bonchev–Trinajstić information content (AvgIpc) is 3.34. The van der Waals surface area contributed by atoms with Gasteiger partial charge in [-0.1, -0.05) is 27.2 Å². The summed E-state index contributed by atoms with van der Waals surface area (Å²) in [6.45, 7) is 9.22. The number of fused-ring (bicyclic) bond motifs is 4. The minimum Gasteiger partial charge on any atom is -0.422 e. The number of hydrogen-bond donors (Lipinski definition) is 0. The third-order valence-electron chi connectivity index (χ3n) is 8.57. The van der Waals surface area contributed by atoms with Crippen LogP contribution in [0.25, 0.3) is 0 Å². The van der Waals surface area contributed by atoms with Gasteiger partial charge in [-0.3, -0.25) is 0 Å². The van der Waals surface area contributed by atoms with E-state index in [-0.39, 0.29) is 29.2 Å². The van der Waals surface area contributed by atoms with E-state index >= 15 is 0 Å². The van der Waals surface area contributed by atoms with Crippen molar-refractivity contribution >= 4 is 5.97 Å². The largest absolute Gasteiger partial charge is 0.422 e. The van der Waals surface area contributed by atoms with Crippen LogP contribution in [0.3, 0.4) is 0 Å². The second-order valence-corrected chi connectivity index (χ2v) is 10.0. The van der Waals surface area contributed by atoms with Gasteiger partial charge in [0.1, 0.15) is 17.8 Å². The van der Waals surface area contributed by atoms with Gasteiger partial charge in [0.05, 0.1) is 0 Å². The minimum atomic E-state index is -0.761. The summed E-state index contributed by atoms with van der Waals surface area (Å²) in [6, 6.07) is 0. The van der Waals surface area contributed by atoms with Crippen LogP contribution in [0.2, 0.25) is 0 Å². The fourth-order valence-corrected chi connectivity index (χ4v) is 7.62. The fraction of sp³-hybridized carbons (Fsp3) is 0.850. The van der Waals surface area contributed by atoms with E-state index in [4.69, 9.17) is 14.2 Å². The van der Waals surface area contributed by atoms with E-state index in [0.717, 1.165) is 17.6 Å². The van der Waals surface area contributed by atoms with Crippen LogP contribution in [0, 0.1) is 22.7 Å². The van der Waals surface area contributed by atoms with Crippen LogP contribution < -0.4 is 0 Å². The van der Waals surface area contributed by atoms with Gasteiger partial charge in [0, 0.05) is 17.1 Å². The molecule has 7 atom stereocenters. The molecule has 0 bridgehead atoms. The van der Waals surface area contributed by atoms with Crippen molar-refractivity contribution in [2.75, 3.05) is 0 Å². The maximum absolute atomic E-state index is 12.2. The Labute approximate surface area is 142 Å². The molecular weight excluding hydrogens is 304 g/mol. The van der Waals surface area contributed by atoms with Crippen molar-refractivity contribution in [2.45, 2.75) is 83.4 Å². The minimum absolute atomic E-state index is 0.00866. The number of carbonyl (C=O) groups is 1. The molecule has 4 heteroatoms. The molecule has 0 amide bonds. The Balaban J connectivity index is 1.49. The molecule has 3 aliphatic carbocycles. The van der Waals surface area contributed by atoms with Gasteiger partial charge in [-0.05, 0) is 49.4 Å². The predicted molar refractivity (Wildman–Crippen MR) is 86.0 cm³/mol. The Morgan fingerprint density at radius 1 is 1.08 bits per heavy atom. The van der Waals surface area contributed by atoms with Crippen LogP contribution in [0.15, 0.2) is 11.1 Å². The Kier molecular flexibility index (Phi) is 2.17. The number of rotatable bonds is 0. The normalized spacial score (nSPS) is 58.8. The van der Waals surface area contributed by atoms with Gasteiger partial charge >= 0.3 is 5.97 Å². The number of epoxide rings is 2. The standard InChI is InChI=1S/C20H26O4/c1-10-12-14-19(22-14)9-6-11-17(2,3)7-5-8-18(11,4)13(19)15-20(12,23-15)24-16(10)21/h11,13-15H,5-9H2,1-4H3/t11-,13+,14-,15-,18+,19+,20-/m1/s1. The molecule has 2 saturated heterocycles. The summed E-state index contributed by atoms with van der Waals surface area (Å²) in [6.07, 6.45) is 6.23. The zero-order valence-corrected chi connectivity index (χ0v) is 15.0. The molecule has 0 unspecified atom stereocenters. The number of ether oxygens (including phenoxy) is 3. The Morgan fingerprint density at radius 3 is 2.67 bits per heavy atom. The summed E-state index contributed by atoms with van der Waals surface area (Å²) in [4.78, 5) is 12.2. The summed E-state index contributed by atoms with van der Waals surface area (Å²) in [5.74, 6) is 0.0886. The summed E-state index contributed by atoms with van der Waals surface area (Å²) in [7, 11) is 0. The van der Waals surface area contributed by atoms with E-state index in [2.05, 4.69) is 20.8 Å². The highest BCUT2D eigenvalue weighted by molar-refractivity contribution is 5.93. The van der Waals surface area contributed by atoms with E-state index in [1.165, 1.54) is 25.7 Å². The first-order valence-corrected chi connectivity index (χ1v) is 9.56. The summed E-state index contributed by atoms with van der Waals surface area (Å²) >= 11 is 0. The lowest BCUT2D eigenvalue weighted by atomic mass is 9.44. The van der Waals surface area contributed by atoms with E-state index in [1.807, 2.05) is 6.92 Å². The van der Waals surface area contributed by atoms with E-state index in [0.29, 0.717) is 17.3 Å². The van der Waals surface area contributed by atoms with Crippen LogP contribution in [-0.2, 0) is 19.0 Å². The highest BCUT2D eigenvalue weighted by Crippen LogP contribution is 2.77. The molecule has 0 aromatic carbocycles. The van der Waals surface area contributed by atoms with Gasteiger partial charge < -0.3 is 14.2 Å². The van der Waals surface area contributed by atoms with Crippen LogP contribution in [0.1, 0.15) is 59.8 Å². The molecule has 5 fully saturated rings. The van der Waals surface area contributed by atoms with Gasteiger partial charge in [0.2, 0.25) is 0 Å². The molecule has 6 rings (SSSR count).